The fraction of sp³-hybridized carbons (Fsp3) is 0.300. The summed E-state index contributed by atoms with van der Waals surface area (Å²) >= 11 is 0. The summed E-state index contributed by atoms with van der Waals surface area (Å²) in [7, 11) is 0. The highest BCUT2D eigenvalue weighted by molar-refractivity contribution is 5.91. The van der Waals surface area contributed by atoms with Gasteiger partial charge in [-0.05, 0) is 18.6 Å². The zero-order chi connectivity index (χ0) is 9.68. The van der Waals surface area contributed by atoms with Gasteiger partial charge in [-0.1, -0.05) is 18.2 Å². The first-order chi connectivity index (χ1) is 6.29. The molecule has 1 aromatic rings. The molecule has 0 saturated heterocycles. The Bertz CT molecular complexity index is 297. The summed E-state index contributed by atoms with van der Waals surface area (Å²) in [5.74, 6) is -0.462. The van der Waals surface area contributed by atoms with Crippen LogP contribution < -0.4 is 0 Å². The molecule has 13 heavy (non-hydrogen) atoms. The van der Waals surface area contributed by atoms with Crippen molar-refractivity contribution in [3.63, 3.8) is 0 Å². The Balaban J connectivity index is 2.92. The Labute approximate surface area is 76.3 Å². The monoisotopic (exact) mass is 182 g/mol. The van der Waals surface area contributed by atoms with Gasteiger partial charge in [0.1, 0.15) is 6.67 Å². The van der Waals surface area contributed by atoms with Crippen LogP contribution in [0.1, 0.15) is 22.8 Å². The minimum Gasteiger partial charge on any atom is -0.462 e. The largest absolute Gasteiger partial charge is 0.462 e. The number of alkyl halides is 1. The number of hydrogen-bond acceptors (Lipinski definition) is 2. The lowest BCUT2D eigenvalue weighted by molar-refractivity contribution is 0.0524. The Morgan fingerprint density at radius 2 is 2.15 bits per heavy atom. The van der Waals surface area contributed by atoms with E-state index in [0.717, 1.165) is 0 Å². The molecule has 0 saturated carbocycles. The third-order valence-electron chi connectivity index (χ3n) is 1.66. The van der Waals surface area contributed by atoms with Gasteiger partial charge in [0, 0.05) is 0 Å². The molecule has 0 aliphatic carbocycles. The van der Waals surface area contributed by atoms with E-state index in [2.05, 4.69) is 0 Å². The van der Waals surface area contributed by atoms with Crippen LogP contribution in [0.3, 0.4) is 0 Å². The van der Waals surface area contributed by atoms with Gasteiger partial charge < -0.3 is 4.74 Å². The van der Waals surface area contributed by atoms with Gasteiger partial charge >= 0.3 is 5.97 Å². The zero-order valence-electron chi connectivity index (χ0n) is 7.42. The van der Waals surface area contributed by atoms with Crippen molar-refractivity contribution >= 4 is 5.97 Å². The lowest BCUT2D eigenvalue weighted by Gasteiger charge is -2.04. The van der Waals surface area contributed by atoms with E-state index in [4.69, 9.17) is 4.74 Å². The van der Waals surface area contributed by atoms with E-state index < -0.39 is 12.6 Å². The minimum atomic E-state index is -0.644. The fourth-order valence-electron chi connectivity index (χ4n) is 1.04. The number of carbonyl (C=O) groups excluding carboxylic acids is 1. The van der Waals surface area contributed by atoms with Crippen LogP contribution in [0.5, 0.6) is 0 Å². The Hall–Kier alpha value is -1.38. The van der Waals surface area contributed by atoms with Gasteiger partial charge in [-0.15, -0.1) is 0 Å². The minimum absolute atomic E-state index is 0.305. The molecule has 1 aromatic carbocycles. The molecule has 0 fully saturated rings. The molecule has 70 valence electrons. The van der Waals surface area contributed by atoms with E-state index in [9.17, 15) is 9.18 Å². The quantitative estimate of drug-likeness (QED) is 0.670. The van der Waals surface area contributed by atoms with Crippen molar-refractivity contribution in [3.8, 4) is 0 Å². The van der Waals surface area contributed by atoms with Crippen LogP contribution in [0.4, 0.5) is 4.39 Å². The molecule has 0 bridgehead atoms. The number of carbonyl (C=O) groups is 1. The summed E-state index contributed by atoms with van der Waals surface area (Å²) in [6.07, 6.45) is 0. The van der Waals surface area contributed by atoms with Gasteiger partial charge in [-0.25, -0.2) is 9.18 Å². The van der Waals surface area contributed by atoms with E-state index in [1.54, 1.807) is 31.2 Å². The number of benzene rings is 1. The molecule has 0 unspecified atom stereocenters. The molecular weight excluding hydrogens is 171 g/mol. The van der Waals surface area contributed by atoms with Crippen molar-refractivity contribution in [1.29, 1.82) is 0 Å². The maximum atomic E-state index is 12.4. The van der Waals surface area contributed by atoms with Crippen LogP contribution in [-0.2, 0) is 11.4 Å². The maximum Gasteiger partial charge on any atom is 0.338 e. The van der Waals surface area contributed by atoms with Gasteiger partial charge in [-0.2, -0.15) is 0 Å². The third-order valence-corrected chi connectivity index (χ3v) is 1.66. The third kappa shape index (κ3) is 2.28. The van der Waals surface area contributed by atoms with Crippen LogP contribution in [0.2, 0.25) is 0 Å². The van der Waals surface area contributed by atoms with E-state index in [-0.39, 0.29) is 0 Å². The summed E-state index contributed by atoms with van der Waals surface area (Å²) in [5, 5.41) is 0. The van der Waals surface area contributed by atoms with Crippen LogP contribution in [0, 0.1) is 0 Å². The van der Waals surface area contributed by atoms with Gasteiger partial charge in [0.15, 0.2) is 0 Å². The first-order valence-corrected chi connectivity index (χ1v) is 4.10. The summed E-state index contributed by atoms with van der Waals surface area (Å²) in [6, 6.07) is 6.52. The van der Waals surface area contributed by atoms with Crippen molar-refractivity contribution in [3.05, 3.63) is 35.4 Å². The standard InChI is InChI=1S/C10H11FO2/c1-2-13-10(12)9-6-4-3-5-8(9)7-11/h3-6H,2,7H2,1H3. The normalized spacial score (nSPS) is 9.69. The highest BCUT2D eigenvalue weighted by atomic mass is 19.1. The number of halogens is 1. The molecule has 0 aliphatic heterocycles. The van der Waals surface area contributed by atoms with Gasteiger partial charge in [0.25, 0.3) is 0 Å². The molecular formula is C10H11FO2. The molecule has 0 amide bonds. The second-order valence-corrected chi connectivity index (χ2v) is 2.51. The predicted molar refractivity (Wildman–Crippen MR) is 47.2 cm³/mol. The topological polar surface area (TPSA) is 26.3 Å². The van der Waals surface area contributed by atoms with E-state index in [0.29, 0.717) is 17.7 Å². The van der Waals surface area contributed by atoms with Gasteiger partial charge in [0.05, 0.1) is 12.2 Å². The molecule has 0 N–H and O–H groups in total. The molecule has 0 aromatic heterocycles. The Morgan fingerprint density at radius 3 is 2.77 bits per heavy atom. The molecule has 0 aliphatic rings. The Morgan fingerprint density at radius 1 is 1.46 bits per heavy atom. The maximum absolute atomic E-state index is 12.4. The second-order valence-electron chi connectivity index (χ2n) is 2.51. The van der Waals surface area contributed by atoms with Crippen LogP contribution >= 0.6 is 0 Å². The Kier molecular flexibility index (Phi) is 3.43. The van der Waals surface area contributed by atoms with Crippen molar-refractivity contribution in [2.75, 3.05) is 6.61 Å². The summed E-state index contributed by atoms with van der Waals surface area (Å²) in [5.41, 5.74) is 0.688. The number of rotatable bonds is 3. The van der Waals surface area contributed by atoms with E-state index in [1.807, 2.05) is 0 Å². The summed E-state index contributed by atoms with van der Waals surface area (Å²) in [6.45, 7) is 1.38. The summed E-state index contributed by atoms with van der Waals surface area (Å²) in [4.78, 5) is 11.2. The van der Waals surface area contributed by atoms with Gasteiger partial charge in [0.2, 0.25) is 0 Å². The zero-order valence-corrected chi connectivity index (χ0v) is 7.42. The van der Waals surface area contributed by atoms with Crippen molar-refractivity contribution in [1.82, 2.24) is 0 Å². The molecule has 0 heterocycles. The SMILES string of the molecule is CCOC(=O)c1ccccc1CF. The molecule has 3 heteroatoms. The number of ether oxygens (including phenoxy) is 1. The second kappa shape index (κ2) is 4.60. The predicted octanol–water partition coefficient (Wildman–Crippen LogP) is 2.33. The molecule has 2 nitrogen and oxygen atoms in total. The van der Waals surface area contributed by atoms with Crippen molar-refractivity contribution in [2.24, 2.45) is 0 Å². The van der Waals surface area contributed by atoms with E-state index >= 15 is 0 Å². The van der Waals surface area contributed by atoms with Crippen LogP contribution in [-0.4, -0.2) is 12.6 Å². The molecule has 0 atom stereocenters. The van der Waals surface area contributed by atoms with E-state index in [1.165, 1.54) is 0 Å². The fourth-order valence-corrected chi connectivity index (χ4v) is 1.04. The highest BCUT2D eigenvalue weighted by Crippen LogP contribution is 2.11. The highest BCUT2D eigenvalue weighted by Gasteiger charge is 2.10. The van der Waals surface area contributed by atoms with Crippen LogP contribution in [0.25, 0.3) is 0 Å². The van der Waals surface area contributed by atoms with Crippen molar-refractivity contribution < 1.29 is 13.9 Å². The number of esters is 1. The van der Waals surface area contributed by atoms with Crippen molar-refractivity contribution in [2.45, 2.75) is 13.6 Å². The molecule has 0 radical (unpaired) electrons. The average Bonchev–Trinajstić information content (AvgIpc) is 2.18. The first kappa shape index (κ1) is 9.71. The molecule has 0 spiro atoms. The summed E-state index contributed by atoms with van der Waals surface area (Å²) < 4.78 is 17.1. The van der Waals surface area contributed by atoms with Crippen LogP contribution in [0.15, 0.2) is 24.3 Å². The lowest BCUT2D eigenvalue weighted by atomic mass is 10.1. The smallest absolute Gasteiger partial charge is 0.338 e. The average molecular weight is 182 g/mol. The molecule has 1 rings (SSSR count). The van der Waals surface area contributed by atoms with Gasteiger partial charge in [-0.3, -0.25) is 0 Å². The number of hydrogen-bond donors (Lipinski definition) is 0. The lowest BCUT2D eigenvalue weighted by Crippen LogP contribution is -2.07. The first-order valence-electron chi connectivity index (χ1n) is 4.10.